The molecule has 0 aromatic carbocycles. The Bertz CT molecular complexity index is 295. The van der Waals surface area contributed by atoms with Crippen LogP contribution in [0.3, 0.4) is 0 Å². The summed E-state index contributed by atoms with van der Waals surface area (Å²) in [4.78, 5) is 1.31. The lowest BCUT2D eigenvalue weighted by atomic mass is 10.0. The van der Waals surface area contributed by atoms with Gasteiger partial charge >= 0.3 is 0 Å². The van der Waals surface area contributed by atoms with E-state index in [1.807, 2.05) is 6.92 Å². The summed E-state index contributed by atoms with van der Waals surface area (Å²) in [7, 11) is 0. The fourth-order valence-electron chi connectivity index (χ4n) is 1.89. The van der Waals surface area contributed by atoms with Gasteiger partial charge in [0.15, 0.2) is 0 Å². The zero-order chi connectivity index (χ0) is 12.0. The summed E-state index contributed by atoms with van der Waals surface area (Å²) in [5, 5.41) is 2.15. The molecule has 0 fully saturated rings. The first-order valence-corrected chi connectivity index (χ1v) is 6.73. The van der Waals surface area contributed by atoms with Crippen molar-refractivity contribution < 1.29 is 4.74 Å². The first kappa shape index (κ1) is 13.6. The van der Waals surface area contributed by atoms with E-state index in [9.17, 15) is 0 Å². The minimum atomic E-state index is 0.102. The number of rotatable bonds is 7. The molecule has 0 spiro atoms. The highest BCUT2D eigenvalue weighted by molar-refractivity contribution is 7.10. The molecule has 4 heteroatoms. The molecule has 0 amide bonds. The van der Waals surface area contributed by atoms with E-state index in [0.29, 0.717) is 0 Å². The second-order valence-corrected chi connectivity index (χ2v) is 5.03. The van der Waals surface area contributed by atoms with Crippen LogP contribution >= 0.6 is 11.3 Å². The first-order valence-electron chi connectivity index (χ1n) is 5.85. The number of thiophene rings is 1. The van der Waals surface area contributed by atoms with Gasteiger partial charge in [0.05, 0.1) is 12.1 Å². The van der Waals surface area contributed by atoms with Gasteiger partial charge in [0.1, 0.15) is 0 Å². The molecule has 1 aromatic heterocycles. The van der Waals surface area contributed by atoms with Gasteiger partial charge in [-0.25, -0.2) is 0 Å². The molecule has 3 nitrogen and oxygen atoms in total. The van der Waals surface area contributed by atoms with Gasteiger partial charge in [-0.1, -0.05) is 13.3 Å². The molecule has 3 N–H and O–H groups in total. The van der Waals surface area contributed by atoms with Gasteiger partial charge < -0.3 is 4.74 Å². The van der Waals surface area contributed by atoms with Crippen LogP contribution in [0.5, 0.6) is 0 Å². The molecule has 0 bridgehead atoms. The topological polar surface area (TPSA) is 47.3 Å². The maximum Gasteiger partial charge on any atom is 0.0782 e. The molecule has 16 heavy (non-hydrogen) atoms. The molecule has 0 radical (unpaired) electrons. The van der Waals surface area contributed by atoms with Crippen LogP contribution in [0.4, 0.5) is 0 Å². The van der Waals surface area contributed by atoms with Crippen molar-refractivity contribution in [2.45, 2.75) is 45.8 Å². The Hall–Kier alpha value is -0.420. The van der Waals surface area contributed by atoms with Crippen LogP contribution in [0.15, 0.2) is 11.4 Å². The van der Waals surface area contributed by atoms with Crippen molar-refractivity contribution in [1.29, 1.82) is 0 Å². The maximum atomic E-state index is 5.76. The molecule has 1 aromatic rings. The highest BCUT2D eigenvalue weighted by Gasteiger charge is 2.22. The van der Waals surface area contributed by atoms with Crippen LogP contribution in [-0.2, 0) is 4.74 Å². The van der Waals surface area contributed by atoms with Crippen LogP contribution in [0, 0.1) is 6.92 Å². The third kappa shape index (κ3) is 3.56. The lowest BCUT2D eigenvalue weighted by Gasteiger charge is -2.25. The maximum absolute atomic E-state index is 5.76. The van der Waals surface area contributed by atoms with Gasteiger partial charge in [-0.3, -0.25) is 11.3 Å². The number of nitrogens with one attached hydrogen (secondary N) is 1. The zero-order valence-electron chi connectivity index (χ0n) is 10.3. The monoisotopic (exact) mass is 242 g/mol. The highest BCUT2D eigenvalue weighted by atomic mass is 32.1. The Labute approximate surface area is 102 Å². The van der Waals surface area contributed by atoms with Crippen LogP contribution in [0.1, 0.15) is 43.2 Å². The Balaban J connectivity index is 2.76. The van der Waals surface area contributed by atoms with Gasteiger partial charge in [0, 0.05) is 11.5 Å². The summed E-state index contributed by atoms with van der Waals surface area (Å²) in [6.07, 6.45) is 2.29. The van der Waals surface area contributed by atoms with Gasteiger partial charge in [-0.05, 0) is 37.3 Å². The second kappa shape index (κ2) is 7.01. The normalized spacial score (nSPS) is 15.0. The van der Waals surface area contributed by atoms with Crippen LogP contribution in [0.2, 0.25) is 0 Å². The highest BCUT2D eigenvalue weighted by Crippen LogP contribution is 2.26. The van der Waals surface area contributed by atoms with Gasteiger partial charge in [-0.2, -0.15) is 0 Å². The number of ether oxygens (including phenoxy) is 1. The average molecular weight is 242 g/mol. The van der Waals surface area contributed by atoms with Crippen molar-refractivity contribution in [2.24, 2.45) is 5.84 Å². The molecule has 0 aliphatic heterocycles. The summed E-state index contributed by atoms with van der Waals surface area (Å²) in [6, 6.07) is 2.28. The van der Waals surface area contributed by atoms with Crippen LogP contribution in [-0.4, -0.2) is 12.7 Å². The van der Waals surface area contributed by atoms with Crippen LogP contribution < -0.4 is 11.3 Å². The van der Waals surface area contributed by atoms with Crippen LogP contribution in [0.25, 0.3) is 0 Å². The molecule has 0 aliphatic carbocycles. The number of hydrogen-bond donors (Lipinski definition) is 2. The Morgan fingerprint density at radius 1 is 1.50 bits per heavy atom. The predicted octanol–water partition coefficient (Wildman–Crippen LogP) is 2.77. The quantitative estimate of drug-likeness (QED) is 0.571. The molecule has 0 saturated carbocycles. The third-order valence-electron chi connectivity index (χ3n) is 2.62. The van der Waals surface area contributed by atoms with Crippen molar-refractivity contribution in [3.8, 4) is 0 Å². The number of aryl methyl sites for hydroxylation is 1. The van der Waals surface area contributed by atoms with Crippen molar-refractivity contribution >= 4 is 11.3 Å². The molecular weight excluding hydrogens is 220 g/mol. The van der Waals surface area contributed by atoms with Gasteiger partial charge in [-0.15, -0.1) is 11.3 Å². The average Bonchev–Trinajstić information content (AvgIpc) is 2.67. The Kier molecular flexibility index (Phi) is 5.98. The molecule has 1 rings (SSSR count). The third-order valence-corrected chi connectivity index (χ3v) is 3.49. The van der Waals surface area contributed by atoms with E-state index >= 15 is 0 Å². The van der Waals surface area contributed by atoms with E-state index in [1.165, 1.54) is 10.4 Å². The first-order chi connectivity index (χ1) is 7.72. The Morgan fingerprint density at radius 2 is 2.25 bits per heavy atom. The molecule has 0 saturated heterocycles. The number of nitrogens with two attached hydrogens (primary N) is 1. The number of hydrogen-bond acceptors (Lipinski definition) is 4. The summed E-state index contributed by atoms with van der Waals surface area (Å²) in [5.74, 6) is 5.65. The summed E-state index contributed by atoms with van der Waals surface area (Å²) in [5.41, 5.74) is 4.12. The minimum Gasteiger partial charge on any atom is -0.376 e. The molecule has 2 atom stereocenters. The molecule has 2 unspecified atom stereocenters. The zero-order valence-corrected chi connectivity index (χ0v) is 11.1. The summed E-state index contributed by atoms with van der Waals surface area (Å²) < 4.78 is 5.76. The van der Waals surface area contributed by atoms with E-state index in [4.69, 9.17) is 10.6 Å². The van der Waals surface area contributed by atoms with E-state index in [0.717, 1.165) is 19.4 Å². The molecule has 92 valence electrons. The van der Waals surface area contributed by atoms with Crippen molar-refractivity contribution in [3.63, 3.8) is 0 Å². The molecular formula is C12H22N2OS. The van der Waals surface area contributed by atoms with Gasteiger partial charge in [0.2, 0.25) is 0 Å². The van der Waals surface area contributed by atoms with E-state index in [-0.39, 0.29) is 12.1 Å². The largest absolute Gasteiger partial charge is 0.376 e. The lowest BCUT2D eigenvalue weighted by Crippen LogP contribution is -2.37. The summed E-state index contributed by atoms with van der Waals surface area (Å²) >= 11 is 1.75. The molecule has 0 aliphatic rings. The van der Waals surface area contributed by atoms with E-state index < -0.39 is 0 Å². The van der Waals surface area contributed by atoms with Crippen molar-refractivity contribution in [3.05, 3.63) is 21.9 Å². The fraction of sp³-hybridized carbons (Fsp3) is 0.667. The second-order valence-electron chi connectivity index (χ2n) is 3.92. The minimum absolute atomic E-state index is 0.102. The SMILES string of the molecule is CCCC(OCC)C(NN)c1csc(C)c1. The summed E-state index contributed by atoms with van der Waals surface area (Å²) in [6.45, 7) is 7.02. The Morgan fingerprint density at radius 3 is 2.69 bits per heavy atom. The molecule has 1 heterocycles. The fourth-order valence-corrected chi connectivity index (χ4v) is 2.63. The van der Waals surface area contributed by atoms with E-state index in [1.54, 1.807) is 11.3 Å². The lowest BCUT2D eigenvalue weighted by molar-refractivity contribution is 0.0277. The number of hydrazine groups is 1. The van der Waals surface area contributed by atoms with Crippen molar-refractivity contribution in [2.75, 3.05) is 6.61 Å². The smallest absolute Gasteiger partial charge is 0.0782 e. The van der Waals surface area contributed by atoms with Gasteiger partial charge in [0.25, 0.3) is 0 Å². The van der Waals surface area contributed by atoms with E-state index in [2.05, 4.69) is 30.7 Å². The predicted molar refractivity (Wildman–Crippen MR) is 69.4 cm³/mol. The standard InChI is InChI=1S/C12H22N2OS/c1-4-6-11(15-5-2)12(14-13)10-7-9(3)16-8-10/h7-8,11-12,14H,4-6,13H2,1-3H3. The van der Waals surface area contributed by atoms with Crippen molar-refractivity contribution in [1.82, 2.24) is 5.43 Å².